The Morgan fingerprint density at radius 1 is 0.364 bits per heavy atom. The number of amides is 1. The third kappa shape index (κ3) is 47.3. The van der Waals surface area contributed by atoms with Crippen LogP contribution in [0.15, 0.2) is 48.6 Å². The fraction of sp³-hybridized carbons (Fsp3) is 0.850. The predicted molar refractivity (Wildman–Crippen MR) is 288 cm³/mol. The Labute approximate surface area is 410 Å². The molecule has 0 bridgehead atoms. The summed E-state index contributed by atoms with van der Waals surface area (Å²) in [5.41, 5.74) is 0. The minimum atomic E-state index is -1.30. The van der Waals surface area contributed by atoms with Crippen LogP contribution in [0.2, 0.25) is 0 Å². The molecular formula is C60H113NO5. The highest BCUT2D eigenvalue weighted by atomic mass is 16.3. The van der Waals surface area contributed by atoms with Crippen LogP contribution in [0.5, 0.6) is 0 Å². The molecule has 0 aliphatic rings. The number of aliphatic hydroxyl groups excluding tert-OH is 4. The van der Waals surface area contributed by atoms with Crippen molar-refractivity contribution < 1.29 is 25.2 Å². The number of nitrogens with one attached hydrogen (secondary N) is 1. The topological polar surface area (TPSA) is 110 Å². The molecule has 0 heterocycles. The maximum atomic E-state index is 12.6. The van der Waals surface area contributed by atoms with Crippen molar-refractivity contribution >= 4 is 5.91 Å². The van der Waals surface area contributed by atoms with Gasteiger partial charge in [-0.15, -0.1) is 0 Å². The molecule has 1 amide bonds. The average molecular weight is 929 g/mol. The van der Waals surface area contributed by atoms with E-state index in [-0.39, 0.29) is 0 Å². The van der Waals surface area contributed by atoms with Gasteiger partial charge in [-0.1, -0.05) is 255 Å². The van der Waals surface area contributed by atoms with E-state index in [0.29, 0.717) is 19.3 Å². The van der Waals surface area contributed by atoms with Gasteiger partial charge >= 0.3 is 0 Å². The van der Waals surface area contributed by atoms with Crippen LogP contribution in [0.3, 0.4) is 0 Å². The lowest BCUT2D eigenvalue weighted by atomic mass is 10.00. The van der Waals surface area contributed by atoms with Gasteiger partial charge < -0.3 is 25.7 Å². The second kappa shape index (κ2) is 54.2. The fourth-order valence-corrected chi connectivity index (χ4v) is 8.90. The Morgan fingerprint density at radius 3 is 0.955 bits per heavy atom. The minimum absolute atomic E-state index is 0.356. The average Bonchev–Trinajstić information content (AvgIpc) is 3.32. The summed E-state index contributed by atoms with van der Waals surface area (Å²) < 4.78 is 0. The van der Waals surface area contributed by atoms with Crippen LogP contribution in [0.25, 0.3) is 0 Å². The zero-order chi connectivity index (χ0) is 48.1. The zero-order valence-corrected chi connectivity index (χ0v) is 43.9. The molecule has 0 aromatic carbocycles. The molecular weight excluding hydrogens is 815 g/mol. The summed E-state index contributed by atoms with van der Waals surface area (Å²) in [6.07, 6.45) is 69.0. The number of hydrogen-bond donors (Lipinski definition) is 5. The first-order valence-electron chi connectivity index (χ1n) is 29.0. The lowest BCUT2D eigenvalue weighted by molar-refractivity contribution is -0.132. The first-order chi connectivity index (χ1) is 32.5. The van der Waals surface area contributed by atoms with E-state index in [1.54, 1.807) is 0 Å². The highest BCUT2D eigenvalue weighted by Crippen LogP contribution is 2.17. The van der Waals surface area contributed by atoms with Gasteiger partial charge in [0.1, 0.15) is 12.2 Å². The number of allylic oxidation sites excluding steroid dienone is 8. The van der Waals surface area contributed by atoms with Gasteiger partial charge in [-0.2, -0.15) is 0 Å². The van der Waals surface area contributed by atoms with Crippen LogP contribution in [-0.4, -0.2) is 57.3 Å². The van der Waals surface area contributed by atoms with Crippen molar-refractivity contribution in [3.8, 4) is 0 Å². The third-order valence-corrected chi connectivity index (χ3v) is 13.5. The Bertz CT molecular complexity index is 1090. The number of aliphatic hydroxyl groups is 4. The van der Waals surface area contributed by atoms with Crippen LogP contribution >= 0.6 is 0 Å². The normalized spacial score (nSPS) is 14.1. The van der Waals surface area contributed by atoms with E-state index >= 15 is 0 Å². The minimum Gasteiger partial charge on any atom is -0.394 e. The van der Waals surface area contributed by atoms with E-state index in [4.69, 9.17) is 0 Å². The van der Waals surface area contributed by atoms with Crippen molar-refractivity contribution in [3.63, 3.8) is 0 Å². The molecule has 4 unspecified atom stereocenters. The quantitative estimate of drug-likeness (QED) is 0.0308. The van der Waals surface area contributed by atoms with Crippen molar-refractivity contribution in [2.75, 3.05) is 6.61 Å². The molecule has 0 aliphatic carbocycles. The number of hydrogen-bond acceptors (Lipinski definition) is 5. The van der Waals surface area contributed by atoms with Crippen molar-refractivity contribution in [1.82, 2.24) is 5.32 Å². The molecule has 6 nitrogen and oxygen atoms in total. The first kappa shape index (κ1) is 64.3. The SMILES string of the molecule is CCCCCCCCCCCCCC/C=C\CCCCCCCCCCCC(O)C(=O)NC(CO)C(O)C(O)CCC/C=C/CC/C=C/CC/C=C/CCCCCCCCCCCCCC. The van der Waals surface area contributed by atoms with E-state index in [9.17, 15) is 25.2 Å². The predicted octanol–water partition coefficient (Wildman–Crippen LogP) is 17.0. The number of carbonyl (C=O) groups is 1. The molecule has 66 heavy (non-hydrogen) atoms. The van der Waals surface area contributed by atoms with E-state index in [1.165, 1.54) is 212 Å². The molecule has 6 heteroatoms. The van der Waals surface area contributed by atoms with E-state index in [0.717, 1.165) is 51.4 Å². The van der Waals surface area contributed by atoms with Gasteiger partial charge in [0, 0.05) is 0 Å². The van der Waals surface area contributed by atoms with Crippen molar-refractivity contribution in [3.05, 3.63) is 48.6 Å². The van der Waals surface area contributed by atoms with Crippen LogP contribution in [0.4, 0.5) is 0 Å². The van der Waals surface area contributed by atoms with Crippen molar-refractivity contribution in [1.29, 1.82) is 0 Å². The zero-order valence-electron chi connectivity index (χ0n) is 43.9. The van der Waals surface area contributed by atoms with Gasteiger partial charge in [-0.3, -0.25) is 4.79 Å². The summed E-state index contributed by atoms with van der Waals surface area (Å²) >= 11 is 0. The Kier molecular flexibility index (Phi) is 52.8. The van der Waals surface area contributed by atoms with Gasteiger partial charge in [0.05, 0.1) is 18.8 Å². The summed E-state index contributed by atoms with van der Waals surface area (Å²) in [7, 11) is 0. The lowest BCUT2D eigenvalue weighted by Gasteiger charge is -2.27. The van der Waals surface area contributed by atoms with Crippen molar-refractivity contribution in [2.45, 2.75) is 321 Å². The number of carbonyl (C=O) groups excluding carboxylic acids is 1. The number of unbranched alkanes of at least 4 members (excludes halogenated alkanes) is 36. The van der Waals surface area contributed by atoms with Crippen molar-refractivity contribution in [2.24, 2.45) is 0 Å². The molecule has 0 aromatic rings. The second-order valence-electron chi connectivity index (χ2n) is 20.0. The molecule has 0 aromatic heterocycles. The summed E-state index contributed by atoms with van der Waals surface area (Å²) in [4.78, 5) is 12.6. The molecule has 0 fully saturated rings. The lowest BCUT2D eigenvalue weighted by Crippen LogP contribution is -2.53. The van der Waals surface area contributed by atoms with Crippen LogP contribution in [-0.2, 0) is 4.79 Å². The number of rotatable bonds is 53. The highest BCUT2D eigenvalue weighted by molar-refractivity contribution is 5.80. The first-order valence-corrected chi connectivity index (χ1v) is 29.0. The monoisotopic (exact) mass is 928 g/mol. The molecule has 0 aliphatic heterocycles. The van der Waals surface area contributed by atoms with Crippen LogP contribution in [0, 0.1) is 0 Å². The van der Waals surface area contributed by atoms with E-state index in [2.05, 4.69) is 67.8 Å². The van der Waals surface area contributed by atoms with Gasteiger partial charge in [0.25, 0.3) is 0 Å². The second-order valence-corrected chi connectivity index (χ2v) is 20.0. The van der Waals surface area contributed by atoms with Gasteiger partial charge in [-0.05, 0) is 89.9 Å². The summed E-state index contributed by atoms with van der Waals surface area (Å²) in [5.74, 6) is -0.599. The standard InChI is InChI=1S/C60H113NO5/c1-3-5-7-9-11-13-15-17-19-21-23-25-27-29-31-33-35-37-39-41-43-45-47-49-51-53-57(63)59(65)56(55-62)61-60(66)58(64)54-52-50-48-46-44-42-40-38-36-34-32-30-28-26-24-22-20-18-16-14-12-10-8-6-4-2/h29-32,37,39,45,47,56-59,62-65H,3-28,33-36,38,40-44,46,48-55H2,1-2H3,(H,61,66)/b31-29+,32-30-,39-37+,47-45+. The van der Waals surface area contributed by atoms with Crippen LogP contribution in [0.1, 0.15) is 296 Å². The summed E-state index contributed by atoms with van der Waals surface area (Å²) in [5, 5.41) is 44.0. The molecule has 388 valence electrons. The molecule has 4 atom stereocenters. The van der Waals surface area contributed by atoms with Gasteiger partial charge in [-0.25, -0.2) is 0 Å². The van der Waals surface area contributed by atoms with Gasteiger partial charge in [0.2, 0.25) is 5.91 Å². The third-order valence-electron chi connectivity index (χ3n) is 13.5. The molecule has 0 radical (unpaired) electrons. The Hall–Kier alpha value is -1.73. The summed E-state index contributed by atoms with van der Waals surface area (Å²) in [6.45, 7) is 4.07. The maximum absolute atomic E-state index is 12.6. The molecule has 0 rings (SSSR count). The Balaban J connectivity index is 3.71. The maximum Gasteiger partial charge on any atom is 0.249 e. The molecule has 0 spiro atoms. The molecule has 5 N–H and O–H groups in total. The largest absolute Gasteiger partial charge is 0.394 e. The van der Waals surface area contributed by atoms with E-state index < -0.39 is 36.9 Å². The summed E-state index contributed by atoms with van der Waals surface area (Å²) in [6, 6.07) is -1.01. The fourth-order valence-electron chi connectivity index (χ4n) is 8.90. The van der Waals surface area contributed by atoms with Crippen LogP contribution < -0.4 is 5.32 Å². The van der Waals surface area contributed by atoms with Gasteiger partial charge in [0.15, 0.2) is 0 Å². The molecule has 0 saturated carbocycles. The highest BCUT2D eigenvalue weighted by Gasteiger charge is 2.28. The van der Waals surface area contributed by atoms with E-state index in [1.807, 2.05) is 0 Å². The smallest absolute Gasteiger partial charge is 0.249 e. The Morgan fingerprint density at radius 2 is 0.636 bits per heavy atom. The molecule has 0 saturated heterocycles.